The van der Waals surface area contributed by atoms with E-state index in [-0.39, 0.29) is 0 Å². The van der Waals surface area contributed by atoms with Crippen LogP contribution >= 0.6 is 27.5 Å². The standard InChI is InChI=1S/C12H10BrClN2O2S/c1-19(17,18)16(10-3-2-6-15-8-10)12-5-4-9(13)7-11(12)14/h2-8H,1H3. The molecule has 100 valence electrons. The minimum atomic E-state index is -3.51. The van der Waals surface area contributed by atoms with Crippen molar-refractivity contribution in [1.29, 1.82) is 0 Å². The minimum Gasteiger partial charge on any atom is -0.263 e. The predicted octanol–water partition coefficient (Wildman–Crippen LogP) is 3.60. The Morgan fingerprint density at radius 3 is 2.58 bits per heavy atom. The van der Waals surface area contributed by atoms with E-state index < -0.39 is 10.0 Å². The molecule has 0 spiro atoms. The topological polar surface area (TPSA) is 50.3 Å². The van der Waals surface area contributed by atoms with Crippen molar-refractivity contribution in [2.24, 2.45) is 0 Å². The van der Waals surface area contributed by atoms with Gasteiger partial charge in [-0.25, -0.2) is 12.7 Å². The average Bonchev–Trinajstić information content (AvgIpc) is 2.32. The fourth-order valence-electron chi connectivity index (χ4n) is 1.63. The van der Waals surface area contributed by atoms with Gasteiger partial charge in [-0.05, 0) is 30.3 Å². The quantitative estimate of drug-likeness (QED) is 0.839. The molecule has 0 bridgehead atoms. The van der Waals surface area contributed by atoms with Gasteiger partial charge in [0.15, 0.2) is 0 Å². The van der Waals surface area contributed by atoms with Gasteiger partial charge in [-0.2, -0.15) is 0 Å². The molecule has 2 rings (SSSR count). The molecular weight excluding hydrogens is 352 g/mol. The summed E-state index contributed by atoms with van der Waals surface area (Å²) >= 11 is 9.41. The van der Waals surface area contributed by atoms with E-state index in [1.54, 1.807) is 36.5 Å². The van der Waals surface area contributed by atoms with Crippen molar-refractivity contribution >= 4 is 48.9 Å². The molecule has 1 aromatic carbocycles. The second-order valence-electron chi connectivity index (χ2n) is 3.83. The van der Waals surface area contributed by atoms with Crippen molar-refractivity contribution in [3.63, 3.8) is 0 Å². The molecule has 2 aromatic rings. The smallest absolute Gasteiger partial charge is 0.236 e. The van der Waals surface area contributed by atoms with Gasteiger partial charge in [0, 0.05) is 10.7 Å². The number of halogens is 2. The molecule has 0 saturated carbocycles. The fourth-order valence-corrected chi connectivity index (χ4v) is 3.44. The summed E-state index contributed by atoms with van der Waals surface area (Å²) < 4.78 is 25.9. The van der Waals surface area contributed by atoms with E-state index in [1.165, 1.54) is 6.20 Å². The maximum absolute atomic E-state index is 12.0. The number of benzene rings is 1. The summed E-state index contributed by atoms with van der Waals surface area (Å²) in [7, 11) is -3.51. The summed E-state index contributed by atoms with van der Waals surface area (Å²) in [5.74, 6) is 0. The van der Waals surface area contributed by atoms with E-state index in [4.69, 9.17) is 11.6 Å². The van der Waals surface area contributed by atoms with Crippen molar-refractivity contribution in [3.8, 4) is 0 Å². The van der Waals surface area contributed by atoms with Crippen molar-refractivity contribution in [1.82, 2.24) is 4.98 Å². The SMILES string of the molecule is CS(=O)(=O)N(c1cccnc1)c1ccc(Br)cc1Cl. The lowest BCUT2D eigenvalue weighted by Crippen LogP contribution is -2.25. The summed E-state index contributed by atoms with van der Waals surface area (Å²) in [6, 6.07) is 8.34. The molecule has 0 fully saturated rings. The first-order chi connectivity index (χ1) is 8.89. The first kappa shape index (κ1) is 14.3. The van der Waals surface area contributed by atoms with Crippen molar-refractivity contribution in [2.45, 2.75) is 0 Å². The number of sulfonamides is 1. The number of aromatic nitrogens is 1. The van der Waals surface area contributed by atoms with Crippen LogP contribution in [0.25, 0.3) is 0 Å². The van der Waals surface area contributed by atoms with E-state index in [0.717, 1.165) is 15.0 Å². The molecule has 0 aliphatic heterocycles. The van der Waals surface area contributed by atoms with Crippen LogP contribution in [-0.2, 0) is 10.0 Å². The zero-order chi connectivity index (χ0) is 14.0. The van der Waals surface area contributed by atoms with E-state index in [9.17, 15) is 8.42 Å². The molecule has 0 N–H and O–H groups in total. The van der Waals surface area contributed by atoms with Gasteiger partial charge in [-0.15, -0.1) is 0 Å². The Kier molecular flexibility index (Phi) is 4.13. The molecule has 1 aromatic heterocycles. The average molecular weight is 362 g/mol. The van der Waals surface area contributed by atoms with Crippen LogP contribution in [0.15, 0.2) is 47.2 Å². The number of nitrogens with zero attached hydrogens (tertiary/aromatic N) is 2. The van der Waals surface area contributed by atoms with Crippen LogP contribution in [0.2, 0.25) is 5.02 Å². The Morgan fingerprint density at radius 2 is 2.05 bits per heavy atom. The first-order valence-electron chi connectivity index (χ1n) is 5.25. The highest BCUT2D eigenvalue weighted by atomic mass is 79.9. The van der Waals surface area contributed by atoms with Gasteiger partial charge in [0.25, 0.3) is 0 Å². The second kappa shape index (κ2) is 5.48. The van der Waals surface area contributed by atoms with Gasteiger partial charge in [0.05, 0.1) is 28.9 Å². The zero-order valence-corrected chi connectivity index (χ0v) is 13.1. The highest BCUT2D eigenvalue weighted by Gasteiger charge is 2.22. The van der Waals surface area contributed by atoms with Crippen LogP contribution in [0.3, 0.4) is 0 Å². The summed E-state index contributed by atoms with van der Waals surface area (Å²) in [5, 5.41) is 0.337. The number of anilines is 2. The molecule has 1 heterocycles. The third kappa shape index (κ3) is 3.26. The van der Waals surface area contributed by atoms with Crippen molar-refractivity contribution in [3.05, 3.63) is 52.2 Å². The number of pyridine rings is 1. The predicted molar refractivity (Wildman–Crippen MR) is 80.4 cm³/mol. The molecule has 0 aliphatic carbocycles. The molecule has 0 aliphatic rings. The highest BCUT2D eigenvalue weighted by molar-refractivity contribution is 9.10. The lowest BCUT2D eigenvalue weighted by molar-refractivity contribution is 0.602. The van der Waals surface area contributed by atoms with Crippen LogP contribution in [0.1, 0.15) is 0 Å². The summed E-state index contributed by atoms with van der Waals surface area (Å²) in [6.45, 7) is 0. The highest BCUT2D eigenvalue weighted by Crippen LogP contribution is 2.35. The molecule has 7 heteroatoms. The van der Waals surface area contributed by atoms with Crippen LogP contribution in [0, 0.1) is 0 Å². The zero-order valence-electron chi connectivity index (χ0n) is 9.92. The largest absolute Gasteiger partial charge is 0.263 e. The molecular formula is C12H10BrClN2O2S. The lowest BCUT2D eigenvalue weighted by atomic mass is 10.3. The lowest BCUT2D eigenvalue weighted by Gasteiger charge is -2.23. The second-order valence-corrected chi connectivity index (χ2v) is 6.99. The fraction of sp³-hybridized carbons (Fsp3) is 0.0833. The Hall–Kier alpha value is -1.11. The van der Waals surface area contributed by atoms with Gasteiger partial charge in [0.1, 0.15) is 0 Å². The van der Waals surface area contributed by atoms with Gasteiger partial charge < -0.3 is 0 Å². The monoisotopic (exact) mass is 360 g/mol. The van der Waals surface area contributed by atoms with Gasteiger partial charge in [0.2, 0.25) is 10.0 Å². The molecule has 0 unspecified atom stereocenters. The third-order valence-electron chi connectivity index (χ3n) is 2.34. The molecule has 4 nitrogen and oxygen atoms in total. The van der Waals surface area contributed by atoms with E-state index in [1.807, 2.05) is 0 Å². The Bertz CT molecular complexity index is 692. The Balaban J connectivity index is 2.63. The number of hydrogen-bond donors (Lipinski definition) is 0. The minimum absolute atomic E-state index is 0.337. The number of rotatable bonds is 3. The van der Waals surface area contributed by atoms with Crippen molar-refractivity contribution in [2.75, 3.05) is 10.6 Å². The molecule has 0 amide bonds. The van der Waals surface area contributed by atoms with Gasteiger partial charge >= 0.3 is 0 Å². The normalized spacial score (nSPS) is 11.3. The Labute approximate surface area is 125 Å². The van der Waals surface area contributed by atoms with Gasteiger partial charge in [-0.1, -0.05) is 27.5 Å². The van der Waals surface area contributed by atoms with Crippen LogP contribution in [0.4, 0.5) is 11.4 Å². The maximum atomic E-state index is 12.0. The summed E-state index contributed by atoms with van der Waals surface area (Å²) in [4.78, 5) is 3.93. The van der Waals surface area contributed by atoms with Crippen molar-refractivity contribution < 1.29 is 8.42 Å². The van der Waals surface area contributed by atoms with Crippen LogP contribution in [-0.4, -0.2) is 19.7 Å². The third-order valence-corrected chi connectivity index (χ3v) is 4.21. The van der Waals surface area contributed by atoms with E-state index in [0.29, 0.717) is 16.4 Å². The maximum Gasteiger partial charge on any atom is 0.236 e. The molecule has 0 radical (unpaired) electrons. The molecule has 0 atom stereocenters. The molecule has 19 heavy (non-hydrogen) atoms. The summed E-state index contributed by atoms with van der Waals surface area (Å²) in [5.41, 5.74) is 0.828. The number of hydrogen-bond acceptors (Lipinski definition) is 3. The van der Waals surface area contributed by atoms with E-state index >= 15 is 0 Å². The van der Waals surface area contributed by atoms with Gasteiger partial charge in [-0.3, -0.25) is 4.98 Å². The van der Waals surface area contributed by atoms with E-state index in [2.05, 4.69) is 20.9 Å². The summed E-state index contributed by atoms with van der Waals surface area (Å²) in [6.07, 6.45) is 4.17. The first-order valence-corrected chi connectivity index (χ1v) is 8.27. The molecule has 0 saturated heterocycles. The van der Waals surface area contributed by atoms with Crippen LogP contribution in [0.5, 0.6) is 0 Å². The van der Waals surface area contributed by atoms with Crippen LogP contribution < -0.4 is 4.31 Å². The Morgan fingerprint density at radius 1 is 1.32 bits per heavy atom.